The monoisotopic (exact) mass is 282 g/mol. The van der Waals surface area contributed by atoms with Crippen molar-refractivity contribution in [2.75, 3.05) is 13.1 Å². The third kappa shape index (κ3) is 2.53. The summed E-state index contributed by atoms with van der Waals surface area (Å²) in [7, 11) is 0. The molecule has 0 saturated carbocycles. The standard InChI is InChI=1S/C15H17F3N2/c1-15(2,3)20-7-9(6-19)10(8-20)13-11(16)4-5-12(17)14(13)18/h4-5,9-10H,7-8H2,1-3H3/t9-,10-/m1/s1. The molecule has 1 aliphatic rings. The van der Waals surface area contributed by atoms with Gasteiger partial charge in [-0.2, -0.15) is 5.26 Å². The topological polar surface area (TPSA) is 27.0 Å². The first-order chi connectivity index (χ1) is 9.25. The Labute approximate surface area is 116 Å². The van der Waals surface area contributed by atoms with Gasteiger partial charge in [0.2, 0.25) is 0 Å². The molecular weight excluding hydrogens is 265 g/mol. The van der Waals surface area contributed by atoms with Crippen molar-refractivity contribution in [1.82, 2.24) is 4.90 Å². The number of nitriles is 1. The maximum Gasteiger partial charge on any atom is 0.165 e. The van der Waals surface area contributed by atoms with E-state index in [-0.39, 0.29) is 11.1 Å². The molecule has 0 unspecified atom stereocenters. The van der Waals surface area contributed by atoms with Crippen LogP contribution in [0, 0.1) is 34.7 Å². The molecule has 0 spiro atoms. The molecule has 2 rings (SSSR count). The molecule has 1 aliphatic heterocycles. The van der Waals surface area contributed by atoms with Crippen LogP contribution in [0.1, 0.15) is 32.3 Å². The summed E-state index contributed by atoms with van der Waals surface area (Å²) in [6.45, 7) is 6.70. The van der Waals surface area contributed by atoms with Gasteiger partial charge in [-0.05, 0) is 32.9 Å². The minimum absolute atomic E-state index is 0.204. The van der Waals surface area contributed by atoms with Crippen molar-refractivity contribution in [1.29, 1.82) is 5.26 Å². The fourth-order valence-corrected chi connectivity index (χ4v) is 2.66. The van der Waals surface area contributed by atoms with Crippen LogP contribution in [0.5, 0.6) is 0 Å². The summed E-state index contributed by atoms with van der Waals surface area (Å²) < 4.78 is 41.1. The maximum atomic E-state index is 13.9. The molecule has 5 heteroatoms. The Morgan fingerprint density at radius 2 is 1.75 bits per heavy atom. The third-order valence-corrected chi connectivity index (χ3v) is 3.88. The first-order valence-corrected chi connectivity index (χ1v) is 6.53. The largest absolute Gasteiger partial charge is 0.297 e. The Balaban J connectivity index is 2.43. The van der Waals surface area contributed by atoms with E-state index in [4.69, 9.17) is 0 Å². The van der Waals surface area contributed by atoms with E-state index in [0.717, 1.165) is 12.1 Å². The fourth-order valence-electron chi connectivity index (χ4n) is 2.66. The van der Waals surface area contributed by atoms with Crippen LogP contribution < -0.4 is 0 Å². The first kappa shape index (κ1) is 14.9. The second kappa shape index (κ2) is 5.10. The van der Waals surface area contributed by atoms with Crippen LogP contribution in [0.3, 0.4) is 0 Å². The molecular formula is C15H17F3N2. The summed E-state index contributed by atoms with van der Waals surface area (Å²) in [6, 6.07) is 3.78. The molecule has 1 heterocycles. The normalized spacial score (nSPS) is 23.9. The predicted octanol–water partition coefficient (Wildman–Crippen LogP) is 3.44. The Hall–Kier alpha value is -1.54. The van der Waals surface area contributed by atoms with E-state index in [1.165, 1.54) is 0 Å². The predicted molar refractivity (Wildman–Crippen MR) is 69.5 cm³/mol. The van der Waals surface area contributed by atoms with Gasteiger partial charge in [0.25, 0.3) is 0 Å². The fraction of sp³-hybridized carbons (Fsp3) is 0.533. The van der Waals surface area contributed by atoms with Crippen molar-refractivity contribution in [2.45, 2.75) is 32.2 Å². The summed E-state index contributed by atoms with van der Waals surface area (Å²) in [5, 5.41) is 9.22. The molecule has 0 amide bonds. The molecule has 0 N–H and O–H groups in total. The molecule has 1 aromatic carbocycles. The average Bonchev–Trinajstić information content (AvgIpc) is 2.78. The molecule has 0 aromatic heterocycles. The van der Waals surface area contributed by atoms with Gasteiger partial charge in [0.05, 0.1) is 12.0 Å². The highest BCUT2D eigenvalue weighted by atomic mass is 19.2. The van der Waals surface area contributed by atoms with Gasteiger partial charge in [0, 0.05) is 30.1 Å². The van der Waals surface area contributed by atoms with Crippen LogP contribution in [-0.2, 0) is 0 Å². The number of hydrogen-bond acceptors (Lipinski definition) is 2. The summed E-state index contributed by atoms with van der Waals surface area (Å²) in [5.41, 5.74) is -0.507. The van der Waals surface area contributed by atoms with E-state index in [9.17, 15) is 18.4 Å². The van der Waals surface area contributed by atoms with Gasteiger partial charge >= 0.3 is 0 Å². The summed E-state index contributed by atoms with van der Waals surface area (Å²) in [4.78, 5) is 2.00. The van der Waals surface area contributed by atoms with E-state index < -0.39 is 29.3 Å². The Morgan fingerprint density at radius 3 is 2.30 bits per heavy atom. The zero-order chi connectivity index (χ0) is 15.1. The van der Waals surface area contributed by atoms with E-state index in [1.807, 2.05) is 25.7 Å². The van der Waals surface area contributed by atoms with Crippen molar-refractivity contribution in [3.05, 3.63) is 35.1 Å². The average molecular weight is 282 g/mol. The molecule has 2 nitrogen and oxygen atoms in total. The van der Waals surface area contributed by atoms with Crippen LogP contribution in [-0.4, -0.2) is 23.5 Å². The van der Waals surface area contributed by atoms with Crippen molar-refractivity contribution in [2.24, 2.45) is 5.92 Å². The van der Waals surface area contributed by atoms with Crippen molar-refractivity contribution in [3.8, 4) is 6.07 Å². The van der Waals surface area contributed by atoms with Gasteiger partial charge in [-0.1, -0.05) is 0 Å². The highest BCUT2D eigenvalue weighted by Gasteiger charge is 2.41. The molecule has 1 aromatic rings. The van der Waals surface area contributed by atoms with Crippen LogP contribution in [0.15, 0.2) is 12.1 Å². The number of halogens is 3. The number of benzene rings is 1. The quantitative estimate of drug-likeness (QED) is 0.738. The van der Waals surface area contributed by atoms with Gasteiger partial charge in [-0.3, -0.25) is 4.90 Å². The van der Waals surface area contributed by atoms with Gasteiger partial charge in [0.1, 0.15) is 5.82 Å². The number of rotatable bonds is 1. The second-order valence-electron chi connectivity index (χ2n) is 6.17. The second-order valence-corrected chi connectivity index (χ2v) is 6.17. The lowest BCUT2D eigenvalue weighted by Gasteiger charge is -2.31. The van der Waals surface area contributed by atoms with Crippen LogP contribution in [0.2, 0.25) is 0 Å². The zero-order valence-electron chi connectivity index (χ0n) is 11.8. The SMILES string of the molecule is CC(C)(C)N1C[C@@H](C#N)[C@H](c2c(F)ccc(F)c2F)C1. The van der Waals surface area contributed by atoms with Gasteiger partial charge in [-0.25, -0.2) is 13.2 Å². The molecule has 108 valence electrons. The lowest BCUT2D eigenvalue weighted by Crippen LogP contribution is -2.39. The minimum atomic E-state index is -1.17. The van der Waals surface area contributed by atoms with Gasteiger partial charge < -0.3 is 0 Å². The molecule has 2 atom stereocenters. The highest BCUT2D eigenvalue weighted by molar-refractivity contribution is 5.29. The smallest absolute Gasteiger partial charge is 0.165 e. The minimum Gasteiger partial charge on any atom is -0.297 e. The highest BCUT2D eigenvalue weighted by Crippen LogP contribution is 2.38. The third-order valence-electron chi connectivity index (χ3n) is 3.88. The molecule has 0 aliphatic carbocycles. The van der Waals surface area contributed by atoms with Crippen LogP contribution in [0.4, 0.5) is 13.2 Å². The van der Waals surface area contributed by atoms with Crippen LogP contribution in [0.25, 0.3) is 0 Å². The van der Waals surface area contributed by atoms with E-state index in [2.05, 4.69) is 6.07 Å². The van der Waals surface area contributed by atoms with Crippen LogP contribution >= 0.6 is 0 Å². The zero-order valence-corrected chi connectivity index (χ0v) is 11.8. The van der Waals surface area contributed by atoms with E-state index >= 15 is 0 Å². The number of likely N-dealkylation sites (tertiary alicyclic amines) is 1. The lowest BCUT2D eigenvalue weighted by molar-refractivity contribution is 0.169. The van der Waals surface area contributed by atoms with E-state index in [1.54, 1.807) is 0 Å². The Kier molecular flexibility index (Phi) is 3.79. The van der Waals surface area contributed by atoms with Gasteiger partial charge in [0.15, 0.2) is 11.6 Å². The summed E-state index contributed by atoms with van der Waals surface area (Å²) in [6.07, 6.45) is 0. The van der Waals surface area contributed by atoms with E-state index in [0.29, 0.717) is 13.1 Å². The molecule has 1 fully saturated rings. The maximum absolute atomic E-state index is 13.9. The number of nitrogens with zero attached hydrogens (tertiary/aromatic N) is 2. The summed E-state index contributed by atoms with van der Waals surface area (Å²) in [5.74, 6) is -4.22. The molecule has 20 heavy (non-hydrogen) atoms. The van der Waals surface area contributed by atoms with Crippen molar-refractivity contribution < 1.29 is 13.2 Å². The Bertz CT molecular complexity index is 557. The first-order valence-electron chi connectivity index (χ1n) is 6.53. The number of hydrogen-bond donors (Lipinski definition) is 0. The Morgan fingerprint density at radius 1 is 1.15 bits per heavy atom. The molecule has 0 bridgehead atoms. The van der Waals surface area contributed by atoms with Crippen molar-refractivity contribution in [3.63, 3.8) is 0 Å². The molecule has 0 radical (unpaired) electrons. The summed E-state index contributed by atoms with van der Waals surface area (Å²) >= 11 is 0. The van der Waals surface area contributed by atoms with Crippen molar-refractivity contribution >= 4 is 0 Å². The van der Waals surface area contributed by atoms with Gasteiger partial charge in [-0.15, -0.1) is 0 Å². The molecule has 1 saturated heterocycles. The lowest BCUT2D eigenvalue weighted by atomic mass is 9.89.